The second-order valence-corrected chi connectivity index (χ2v) is 5.27. The lowest BCUT2D eigenvalue weighted by molar-refractivity contribution is 0.122. The van der Waals surface area contributed by atoms with Gasteiger partial charge in [-0.05, 0) is 33.2 Å². The van der Waals surface area contributed by atoms with Crippen LogP contribution in [0.15, 0.2) is 12.1 Å². The molecule has 19 heavy (non-hydrogen) atoms. The fourth-order valence-electron chi connectivity index (χ4n) is 2.37. The number of nitrogens with zero attached hydrogens (tertiary/aromatic N) is 4. The highest BCUT2D eigenvalue weighted by Gasteiger charge is 2.21. The van der Waals surface area contributed by atoms with E-state index < -0.39 is 0 Å². The van der Waals surface area contributed by atoms with Crippen molar-refractivity contribution < 1.29 is 0 Å². The second kappa shape index (κ2) is 6.00. The first kappa shape index (κ1) is 13.8. The molecular weight excluding hydrogens is 238 g/mol. The lowest BCUT2D eigenvalue weighted by Gasteiger charge is -2.37. The number of likely N-dealkylation sites (N-methyl/N-ethyl adjacent to an activating group) is 2. The molecule has 1 aromatic rings. The van der Waals surface area contributed by atoms with Gasteiger partial charge in [0.15, 0.2) is 0 Å². The van der Waals surface area contributed by atoms with Crippen molar-refractivity contribution >= 4 is 5.82 Å². The van der Waals surface area contributed by atoms with E-state index in [1.54, 1.807) is 12.1 Å². The zero-order valence-electron chi connectivity index (χ0n) is 11.8. The van der Waals surface area contributed by atoms with Crippen LogP contribution in [0.1, 0.15) is 11.3 Å². The highest BCUT2D eigenvalue weighted by molar-refractivity contribution is 5.44. The summed E-state index contributed by atoms with van der Waals surface area (Å²) < 4.78 is 0. The zero-order chi connectivity index (χ0) is 13.8. The van der Waals surface area contributed by atoms with E-state index in [4.69, 9.17) is 5.26 Å². The summed E-state index contributed by atoms with van der Waals surface area (Å²) in [4.78, 5) is 9.13. The topological polar surface area (TPSA) is 55.2 Å². The Kier molecular flexibility index (Phi) is 4.35. The minimum Gasteiger partial charge on any atom is -0.368 e. The second-order valence-electron chi connectivity index (χ2n) is 5.27. The smallest absolute Gasteiger partial charge is 0.127 e. The Hall–Kier alpha value is -1.64. The Bertz CT molecular complexity index is 479. The first-order valence-corrected chi connectivity index (χ1v) is 6.60. The van der Waals surface area contributed by atoms with Crippen molar-refractivity contribution in [2.75, 3.05) is 45.6 Å². The molecule has 0 radical (unpaired) electrons. The van der Waals surface area contributed by atoms with Crippen molar-refractivity contribution in [3.05, 3.63) is 23.4 Å². The van der Waals surface area contributed by atoms with E-state index in [2.05, 4.69) is 40.3 Å². The summed E-state index contributed by atoms with van der Waals surface area (Å²) in [7, 11) is 4.31. The largest absolute Gasteiger partial charge is 0.368 e. The summed E-state index contributed by atoms with van der Waals surface area (Å²) in [6, 6.07) is 6.24. The van der Waals surface area contributed by atoms with Crippen LogP contribution >= 0.6 is 0 Å². The third kappa shape index (κ3) is 3.66. The molecule has 1 aromatic heterocycles. The summed E-state index contributed by atoms with van der Waals surface area (Å²) in [5, 5.41) is 12.3. The summed E-state index contributed by atoms with van der Waals surface area (Å²) in [6.07, 6.45) is 0. The number of pyridine rings is 1. The average molecular weight is 259 g/mol. The van der Waals surface area contributed by atoms with Gasteiger partial charge in [-0.1, -0.05) is 0 Å². The first-order valence-electron chi connectivity index (χ1n) is 6.60. The van der Waals surface area contributed by atoms with E-state index in [0.717, 1.165) is 37.7 Å². The monoisotopic (exact) mass is 259 g/mol. The number of hydrogen-bond acceptors (Lipinski definition) is 5. The van der Waals surface area contributed by atoms with Crippen molar-refractivity contribution in [2.24, 2.45) is 0 Å². The van der Waals surface area contributed by atoms with Crippen LogP contribution < -0.4 is 5.32 Å². The van der Waals surface area contributed by atoms with Gasteiger partial charge in [0, 0.05) is 37.9 Å². The molecule has 0 aromatic carbocycles. The lowest BCUT2D eigenvalue weighted by Crippen LogP contribution is -2.52. The predicted octanol–water partition coefficient (Wildman–Crippen LogP) is 0.919. The van der Waals surface area contributed by atoms with Crippen molar-refractivity contribution in [3.63, 3.8) is 0 Å². The van der Waals surface area contributed by atoms with Gasteiger partial charge in [-0.25, -0.2) is 4.98 Å². The van der Waals surface area contributed by atoms with Crippen LogP contribution in [0.25, 0.3) is 0 Å². The number of nitriles is 1. The summed E-state index contributed by atoms with van der Waals surface area (Å²) in [6.45, 7) is 6.02. The molecule has 2 heterocycles. The van der Waals surface area contributed by atoms with Crippen LogP contribution in [0.3, 0.4) is 0 Å². The van der Waals surface area contributed by atoms with Gasteiger partial charge in [-0.15, -0.1) is 0 Å². The molecule has 1 aliphatic heterocycles. The van der Waals surface area contributed by atoms with Crippen molar-refractivity contribution in [3.8, 4) is 6.07 Å². The maximum Gasteiger partial charge on any atom is 0.127 e. The normalized spacial score (nSPS) is 21.1. The SMILES string of the molecule is Cc1cc(C#N)cc(NCC2CN(C)CCN2C)n1. The molecule has 102 valence electrons. The Morgan fingerprint density at radius 3 is 2.95 bits per heavy atom. The number of hydrogen-bond donors (Lipinski definition) is 1. The molecular formula is C14H21N5. The Morgan fingerprint density at radius 2 is 2.21 bits per heavy atom. The highest BCUT2D eigenvalue weighted by Crippen LogP contribution is 2.11. The van der Waals surface area contributed by atoms with E-state index in [-0.39, 0.29) is 0 Å². The van der Waals surface area contributed by atoms with Gasteiger partial charge in [0.1, 0.15) is 5.82 Å². The molecule has 0 aliphatic carbocycles. The third-order valence-corrected chi connectivity index (χ3v) is 3.58. The molecule has 1 saturated heterocycles. The number of rotatable bonds is 3. The summed E-state index contributed by atoms with van der Waals surface area (Å²) >= 11 is 0. The summed E-state index contributed by atoms with van der Waals surface area (Å²) in [5.74, 6) is 0.790. The number of aromatic nitrogens is 1. The number of piperazine rings is 1. The molecule has 0 saturated carbocycles. The summed E-state index contributed by atoms with van der Waals surface area (Å²) in [5.41, 5.74) is 1.53. The van der Waals surface area contributed by atoms with Gasteiger partial charge in [-0.3, -0.25) is 4.90 Å². The van der Waals surface area contributed by atoms with Crippen molar-refractivity contribution in [1.29, 1.82) is 5.26 Å². The fraction of sp³-hybridized carbons (Fsp3) is 0.571. The quantitative estimate of drug-likeness (QED) is 0.875. The van der Waals surface area contributed by atoms with E-state index in [1.165, 1.54) is 0 Å². The van der Waals surface area contributed by atoms with Crippen molar-refractivity contribution in [1.82, 2.24) is 14.8 Å². The van der Waals surface area contributed by atoms with Crippen LogP contribution in [0.4, 0.5) is 5.82 Å². The molecule has 0 spiro atoms. The maximum atomic E-state index is 8.96. The van der Waals surface area contributed by atoms with Gasteiger partial charge in [0.05, 0.1) is 11.6 Å². The van der Waals surface area contributed by atoms with Crippen LogP contribution in [-0.2, 0) is 0 Å². The number of nitrogens with one attached hydrogen (secondary N) is 1. The van der Waals surface area contributed by atoms with E-state index in [0.29, 0.717) is 11.6 Å². The minimum absolute atomic E-state index is 0.478. The number of aryl methyl sites for hydroxylation is 1. The Morgan fingerprint density at radius 1 is 1.42 bits per heavy atom. The highest BCUT2D eigenvalue weighted by atomic mass is 15.3. The zero-order valence-corrected chi connectivity index (χ0v) is 11.8. The van der Waals surface area contributed by atoms with Crippen LogP contribution in [0.5, 0.6) is 0 Å². The molecule has 5 heteroatoms. The maximum absolute atomic E-state index is 8.96. The molecule has 0 amide bonds. The van der Waals surface area contributed by atoms with Crippen molar-refractivity contribution in [2.45, 2.75) is 13.0 Å². The standard InChI is InChI=1S/C14H21N5/c1-11-6-12(8-15)7-14(17-11)16-9-13-10-18(2)4-5-19(13)3/h6-7,13H,4-5,9-10H2,1-3H3,(H,16,17). The third-order valence-electron chi connectivity index (χ3n) is 3.58. The predicted molar refractivity (Wildman–Crippen MR) is 76.1 cm³/mol. The molecule has 1 fully saturated rings. The van der Waals surface area contributed by atoms with E-state index in [1.807, 2.05) is 6.92 Å². The first-order chi connectivity index (χ1) is 9.08. The molecule has 1 N–H and O–H groups in total. The van der Waals surface area contributed by atoms with Gasteiger partial charge in [0.2, 0.25) is 0 Å². The molecule has 1 atom stereocenters. The van der Waals surface area contributed by atoms with Gasteiger partial charge < -0.3 is 10.2 Å². The molecule has 1 aliphatic rings. The van der Waals surface area contributed by atoms with Gasteiger partial charge in [-0.2, -0.15) is 5.26 Å². The molecule has 5 nitrogen and oxygen atoms in total. The van der Waals surface area contributed by atoms with Crippen LogP contribution in [0.2, 0.25) is 0 Å². The fourth-order valence-corrected chi connectivity index (χ4v) is 2.37. The average Bonchev–Trinajstić information content (AvgIpc) is 2.39. The van der Waals surface area contributed by atoms with Crippen LogP contribution in [-0.4, -0.2) is 61.1 Å². The van der Waals surface area contributed by atoms with E-state index >= 15 is 0 Å². The number of anilines is 1. The van der Waals surface area contributed by atoms with E-state index in [9.17, 15) is 0 Å². The Balaban J connectivity index is 1.98. The molecule has 2 rings (SSSR count). The molecule has 1 unspecified atom stereocenters. The van der Waals surface area contributed by atoms with Gasteiger partial charge in [0.25, 0.3) is 0 Å². The minimum atomic E-state index is 0.478. The van der Waals surface area contributed by atoms with Gasteiger partial charge >= 0.3 is 0 Å². The molecule has 0 bridgehead atoms. The lowest BCUT2D eigenvalue weighted by atomic mass is 10.2. The van der Waals surface area contributed by atoms with Crippen LogP contribution in [0, 0.1) is 18.3 Å². The Labute approximate surface area is 114 Å².